The monoisotopic (exact) mass is 293 g/mol. The van der Waals surface area contributed by atoms with E-state index in [0.717, 1.165) is 13.1 Å². The van der Waals surface area contributed by atoms with E-state index in [1.807, 2.05) is 13.8 Å². The van der Waals surface area contributed by atoms with Crippen LogP contribution in [-0.4, -0.2) is 54.7 Å². The van der Waals surface area contributed by atoms with E-state index in [2.05, 4.69) is 9.88 Å². The molecule has 0 spiro atoms. The minimum absolute atomic E-state index is 0.0328. The molecule has 1 fully saturated rings. The molecule has 0 bridgehead atoms. The number of hydrogen-bond donors (Lipinski definition) is 2. The minimum atomic E-state index is -0.201. The first-order chi connectivity index (χ1) is 10.0. The molecule has 1 aromatic rings. The van der Waals surface area contributed by atoms with Gasteiger partial charge in [-0.2, -0.15) is 0 Å². The van der Waals surface area contributed by atoms with Gasteiger partial charge < -0.3 is 21.1 Å². The van der Waals surface area contributed by atoms with Crippen molar-refractivity contribution < 1.29 is 9.53 Å². The molecule has 1 aliphatic heterocycles. The molecule has 4 N–H and O–H groups in total. The molecule has 2 heterocycles. The van der Waals surface area contributed by atoms with Gasteiger partial charge in [0.05, 0.1) is 36.8 Å². The van der Waals surface area contributed by atoms with Crippen molar-refractivity contribution in [3.63, 3.8) is 0 Å². The zero-order valence-electron chi connectivity index (χ0n) is 12.6. The van der Waals surface area contributed by atoms with Gasteiger partial charge in [0.1, 0.15) is 5.82 Å². The topological polar surface area (TPSA) is 97.7 Å². The first kappa shape index (κ1) is 15.5. The molecule has 1 aromatic heterocycles. The van der Waals surface area contributed by atoms with Crippen LogP contribution in [0.3, 0.4) is 0 Å². The summed E-state index contributed by atoms with van der Waals surface area (Å²) in [4.78, 5) is 20.6. The van der Waals surface area contributed by atoms with E-state index in [1.165, 1.54) is 0 Å². The Morgan fingerprint density at radius 2 is 2.14 bits per heavy atom. The smallest absolute Gasteiger partial charge is 0.244 e. The summed E-state index contributed by atoms with van der Waals surface area (Å²) in [6.07, 6.45) is 1.58. The van der Waals surface area contributed by atoms with Crippen LogP contribution >= 0.6 is 0 Å². The van der Waals surface area contributed by atoms with Crippen LogP contribution in [0.15, 0.2) is 12.3 Å². The number of pyridine rings is 1. The molecular weight excluding hydrogens is 270 g/mol. The highest BCUT2D eigenvalue weighted by molar-refractivity contribution is 5.97. The average Bonchev–Trinajstić information content (AvgIpc) is 2.51. The molecule has 1 amide bonds. The van der Waals surface area contributed by atoms with E-state index in [-0.39, 0.29) is 17.8 Å². The summed E-state index contributed by atoms with van der Waals surface area (Å²) < 4.78 is 5.32. The van der Waals surface area contributed by atoms with Crippen molar-refractivity contribution in [1.29, 1.82) is 0 Å². The summed E-state index contributed by atoms with van der Waals surface area (Å²) in [5.41, 5.74) is 12.5. The minimum Gasteiger partial charge on any atom is -0.396 e. The summed E-state index contributed by atoms with van der Waals surface area (Å²) in [6.45, 7) is 7.28. The normalized spacial score (nSPS) is 17.4. The molecule has 0 saturated carbocycles. The Balaban J connectivity index is 2.15. The fraction of sp³-hybridized carbons (Fsp3) is 0.571. The summed E-state index contributed by atoms with van der Waals surface area (Å²) >= 11 is 0. The Morgan fingerprint density at radius 3 is 2.71 bits per heavy atom. The first-order valence-corrected chi connectivity index (χ1v) is 7.18. The number of hydrogen-bond acceptors (Lipinski definition) is 6. The number of amides is 1. The van der Waals surface area contributed by atoms with Crippen LogP contribution in [0.5, 0.6) is 0 Å². The summed E-state index contributed by atoms with van der Waals surface area (Å²) in [5, 5.41) is 0. The second-order valence-corrected chi connectivity index (χ2v) is 5.07. The molecule has 1 aliphatic rings. The first-order valence-electron chi connectivity index (χ1n) is 7.18. The second kappa shape index (κ2) is 6.73. The maximum absolute atomic E-state index is 12.7. The Labute approximate surface area is 124 Å². The van der Waals surface area contributed by atoms with Crippen molar-refractivity contribution in [2.24, 2.45) is 0 Å². The maximum atomic E-state index is 12.7. The Bertz CT molecular complexity index is 502. The van der Waals surface area contributed by atoms with Gasteiger partial charge in [-0.3, -0.25) is 9.69 Å². The number of nitrogens with two attached hydrogens (primary N) is 2. The molecule has 0 unspecified atom stereocenters. The molecule has 2 rings (SSSR count). The molecule has 0 aliphatic carbocycles. The lowest BCUT2D eigenvalue weighted by Gasteiger charge is -2.34. The van der Waals surface area contributed by atoms with E-state index in [9.17, 15) is 4.79 Å². The number of nitrogens with zero attached hydrogens (tertiary/aromatic N) is 3. The van der Waals surface area contributed by atoms with Gasteiger partial charge in [-0.15, -0.1) is 0 Å². The lowest BCUT2D eigenvalue weighted by molar-refractivity contribution is -0.124. The predicted octanol–water partition coefficient (Wildman–Crippen LogP) is 0.320. The van der Waals surface area contributed by atoms with Crippen molar-refractivity contribution in [1.82, 2.24) is 9.88 Å². The molecule has 1 saturated heterocycles. The van der Waals surface area contributed by atoms with Gasteiger partial charge in [0.25, 0.3) is 0 Å². The van der Waals surface area contributed by atoms with Gasteiger partial charge in [-0.1, -0.05) is 0 Å². The van der Waals surface area contributed by atoms with Crippen LogP contribution in [0.2, 0.25) is 0 Å². The lowest BCUT2D eigenvalue weighted by atomic mass is 10.2. The van der Waals surface area contributed by atoms with Crippen LogP contribution in [-0.2, 0) is 9.53 Å². The third kappa shape index (κ3) is 3.43. The fourth-order valence-corrected chi connectivity index (χ4v) is 2.44. The Morgan fingerprint density at radius 1 is 1.48 bits per heavy atom. The van der Waals surface area contributed by atoms with E-state index in [0.29, 0.717) is 31.1 Å². The number of likely N-dealkylation sites (N-methyl/N-ethyl adjacent to an activating group) is 1. The molecule has 21 heavy (non-hydrogen) atoms. The SMILES string of the molecule is CCN(C(=O)[C@H](C)N1CCOCC1)c1cnc(N)c(N)c1. The molecule has 7 nitrogen and oxygen atoms in total. The van der Waals surface area contributed by atoms with Crippen molar-refractivity contribution in [3.8, 4) is 0 Å². The lowest BCUT2D eigenvalue weighted by Crippen LogP contribution is -2.51. The molecule has 0 radical (unpaired) electrons. The number of aromatic nitrogens is 1. The van der Waals surface area contributed by atoms with Crippen molar-refractivity contribution in [2.45, 2.75) is 19.9 Å². The van der Waals surface area contributed by atoms with Crippen LogP contribution < -0.4 is 16.4 Å². The van der Waals surface area contributed by atoms with E-state index >= 15 is 0 Å². The van der Waals surface area contributed by atoms with Gasteiger partial charge in [0.15, 0.2) is 0 Å². The predicted molar refractivity (Wildman–Crippen MR) is 82.9 cm³/mol. The second-order valence-electron chi connectivity index (χ2n) is 5.07. The van der Waals surface area contributed by atoms with Crippen molar-refractivity contribution in [3.05, 3.63) is 12.3 Å². The Hall–Kier alpha value is -1.86. The molecule has 0 aromatic carbocycles. The summed E-state index contributed by atoms with van der Waals surface area (Å²) in [7, 11) is 0. The quantitative estimate of drug-likeness (QED) is 0.829. The van der Waals surface area contributed by atoms with E-state index < -0.39 is 0 Å². The highest BCUT2D eigenvalue weighted by Gasteiger charge is 2.27. The van der Waals surface area contributed by atoms with Gasteiger partial charge in [0, 0.05) is 19.6 Å². The van der Waals surface area contributed by atoms with Gasteiger partial charge in [-0.05, 0) is 19.9 Å². The fourth-order valence-electron chi connectivity index (χ4n) is 2.44. The highest BCUT2D eigenvalue weighted by atomic mass is 16.5. The standard InChI is InChI=1S/C14H23N5O2/c1-3-19(11-8-12(15)13(16)17-9-11)14(20)10(2)18-4-6-21-7-5-18/h8-10H,3-7,15H2,1-2H3,(H2,16,17)/t10-/m0/s1. The summed E-state index contributed by atoms with van der Waals surface area (Å²) in [6, 6.07) is 1.49. The number of carbonyl (C=O) groups excluding carboxylic acids is 1. The van der Waals surface area contributed by atoms with Crippen LogP contribution in [0.1, 0.15) is 13.8 Å². The number of anilines is 3. The Kier molecular flexibility index (Phi) is 4.98. The van der Waals surface area contributed by atoms with Gasteiger partial charge in [-0.25, -0.2) is 4.98 Å². The molecule has 116 valence electrons. The van der Waals surface area contributed by atoms with E-state index in [1.54, 1.807) is 17.2 Å². The van der Waals surface area contributed by atoms with Gasteiger partial charge in [0.2, 0.25) is 5.91 Å². The molecule has 7 heteroatoms. The van der Waals surface area contributed by atoms with Crippen LogP contribution in [0, 0.1) is 0 Å². The zero-order valence-corrected chi connectivity index (χ0v) is 12.6. The van der Waals surface area contributed by atoms with Crippen molar-refractivity contribution >= 4 is 23.1 Å². The van der Waals surface area contributed by atoms with Gasteiger partial charge >= 0.3 is 0 Å². The zero-order chi connectivity index (χ0) is 15.4. The van der Waals surface area contributed by atoms with Crippen molar-refractivity contribution in [2.75, 3.05) is 49.2 Å². The number of rotatable bonds is 4. The summed E-state index contributed by atoms with van der Waals surface area (Å²) in [5.74, 6) is 0.314. The van der Waals surface area contributed by atoms with Crippen LogP contribution in [0.4, 0.5) is 17.2 Å². The van der Waals surface area contributed by atoms with Crippen LogP contribution in [0.25, 0.3) is 0 Å². The third-order valence-electron chi connectivity index (χ3n) is 3.78. The highest BCUT2D eigenvalue weighted by Crippen LogP contribution is 2.22. The number of morpholine rings is 1. The number of nitrogen functional groups attached to an aromatic ring is 2. The number of ether oxygens (including phenoxy) is 1. The van der Waals surface area contributed by atoms with E-state index in [4.69, 9.17) is 16.2 Å². The average molecular weight is 293 g/mol. The third-order valence-corrected chi connectivity index (χ3v) is 3.78. The number of carbonyl (C=O) groups is 1. The maximum Gasteiger partial charge on any atom is 0.244 e. The molecular formula is C14H23N5O2. The molecule has 1 atom stereocenters. The largest absolute Gasteiger partial charge is 0.396 e.